The molecule has 0 fully saturated rings. The number of halogens is 18. The van der Waals surface area contributed by atoms with E-state index in [-0.39, 0.29) is 7.11 Å². The quantitative estimate of drug-likeness (QED) is 0.220. The molecule has 0 aromatic carbocycles. The summed E-state index contributed by atoms with van der Waals surface area (Å²) in [6.45, 7) is 0. The third-order valence-electron chi connectivity index (χ3n) is 3.57. The largest absolute Gasteiger partial charge is 0.460 e. The van der Waals surface area contributed by atoms with E-state index in [1.165, 1.54) is 0 Å². The van der Waals surface area contributed by atoms with Crippen LogP contribution in [0.1, 0.15) is 6.42 Å². The average Bonchev–Trinajstić information content (AvgIpc) is 2.57. The van der Waals surface area contributed by atoms with E-state index >= 15 is 0 Å². The minimum absolute atomic E-state index is 0.0942. The van der Waals surface area contributed by atoms with Crippen LogP contribution >= 0.6 is 12.0 Å². The first-order valence-electron chi connectivity index (χ1n) is 6.93. The fourth-order valence-corrected chi connectivity index (χ4v) is 2.62. The van der Waals surface area contributed by atoms with Crippen LogP contribution in [-0.2, 0) is 9.12 Å². The van der Waals surface area contributed by atoms with Crippen molar-refractivity contribution in [3.8, 4) is 0 Å². The Hall–Kier alpha value is -0.990. The van der Waals surface area contributed by atoms with E-state index in [1.807, 2.05) is 0 Å². The highest BCUT2D eigenvalue weighted by molar-refractivity contribution is 7.95. The van der Waals surface area contributed by atoms with Crippen LogP contribution in [0.15, 0.2) is 0 Å². The van der Waals surface area contributed by atoms with Gasteiger partial charge in [0.1, 0.15) is 5.25 Å². The van der Waals surface area contributed by atoms with Crippen molar-refractivity contribution in [2.75, 3.05) is 7.11 Å². The first-order valence-corrected chi connectivity index (χ1v) is 7.74. The van der Waals surface area contributed by atoms with Crippen molar-refractivity contribution < 1.29 is 88.3 Å². The summed E-state index contributed by atoms with van der Waals surface area (Å²) in [6.07, 6.45) is -18.8. The van der Waals surface area contributed by atoms with Gasteiger partial charge in [-0.15, -0.1) is 4.94 Å². The van der Waals surface area contributed by atoms with Gasteiger partial charge in [0.25, 0.3) is 0 Å². The second-order valence-electron chi connectivity index (χ2n) is 5.68. The molecule has 0 bridgehead atoms. The summed E-state index contributed by atoms with van der Waals surface area (Å²) >= 11 is -1.54. The first-order chi connectivity index (χ1) is 13.7. The predicted molar refractivity (Wildman–Crippen MR) is 65.9 cm³/mol. The van der Waals surface area contributed by atoms with Crippen molar-refractivity contribution >= 4 is 12.0 Å². The van der Waals surface area contributed by atoms with E-state index in [0.29, 0.717) is 0 Å². The lowest BCUT2D eigenvalue weighted by atomic mass is 9.92. The fourth-order valence-electron chi connectivity index (χ4n) is 1.80. The topological polar surface area (TPSA) is 18.5 Å². The van der Waals surface area contributed by atoms with E-state index in [2.05, 4.69) is 4.18 Å². The van der Waals surface area contributed by atoms with Crippen molar-refractivity contribution in [3.63, 3.8) is 0 Å². The van der Waals surface area contributed by atoms with Gasteiger partial charge in [0.2, 0.25) is 0 Å². The summed E-state index contributed by atoms with van der Waals surface area (Å²) in [5, 5.41) is -4.52. The summed E-state index contributed by atoms with van der Waals surface area (Å²) < 4.78 is 235. The second kappa shape index (κ2) is 8.66. The van der Waals surface area contributed by atoms with Crippen LogP contribution < -0.4 is 0 Å². The van der Waals surface area contributed by atoms with Gasteiger partial charge in [-0.3, -0.25) is 0 Å². The lowest BCUT2D eigenvalue weighted by Crippen LogP contribution is -2.68. The first kappa shape index (κ1) is 31.0. The molecule has 2 unspecified atom stereocenters. The van der Waals surface area contributed by atoms with Gasteiger partial charge < -0.3 is 4.18 Å². The van der Waals surface area contributed by atoms with Gasteiger partial charge in [0.05, 0.1) is 7.11 Å². The van der Waals surface area contributed by atoms with E-state index in [4.69, 9.17) is 0 Å². The Labute approximate surface area is 168 Å². The van der Waals surface area contributed by atoms with E-state index < -0.39 is 71.5 Å². The summed E-state index contributed by atoms with van der Waals surface area (Å²) in [7, 11) is 0.0942. The van der Waals surface area contributed by atoms with Crippen LogP contribution in [-0.4, -0.2) is 60.2 Å². The molecule has 32 heavy (non-hydrogen) atoms. The van der Waals surface area contributed by atoms with Crippen LogP contribution in [0.5, 0.6) is 0 Å². The zero-order chi connectivity index (χ0) is 26.4. The summed E-state index contributed by atoms with van der Waals surface area (Å²) in [5.74, 6) is -44.3. The molecule has 0 rings (SSSR count). The van der Waals surface area contributed by atoms with Crippen LogP contribution in [0, 0.1) is 0 Å². The second-order valence-corrected chi connectivity index (χ2v) is 6.77. The highest BCUT2D eigenvalue weighted by atomic mass is 32.2. The van der Waals surface area contributed by atoms with Gasteiger partial charge in [0, 0.05) is 18.5 Å². The van der Waals surface area contributed by atoms with Crippen LogP contribution in [0.3, 0.4) is 0 Å². The van der Waals surface area contributed by atoms with E-state index in [9.17, 15) is 79.2 Å². The molecule has 0 radical (unpaired) electrons. The van der Waals surface area contributed by atoms with Crippen LogP contribution in [0.4, 0.5) is 79.2 Å². The maximum Gasteiger partial charge on any atom is 0.460 e. The number of rotatable bonds is 10. The molecule has 2 nitrogen and oxygen atoms in total. The normalized spacial score (nSPS) is 18.5. The van der Waals surface area contributed by atoms with Gasteiger partial charge in [-0.2, -0.15) is 70.2 Å². The molecule has 0 aromatic heterocycles. The Morgan fingerprint density at radius 3 is 1.22 bits per heavy atom. The summed E-state index contributed by atoms with van der Waals surface area (Å²) in [5.41, 5.74) is 0. The number of hydrogen-bond acceptors (Lipinski definition) is 3. The van der Waals surface area contributed by atoms with Crippen LogP contribution in [0.25, 0.3) is 0 Å². The smallest absolute Gasteiger partial charge is 0.318 e. The van der Waals surface area contributed by atoms with Gasteiger partial charge in [0.15, 0.2) is 0 Å². The maximum atomic E-state index is 14.2. The zero-order valence-corrected chi connectivity index (χ0v) is 15.1. The minimum Gasteiger partial charge on any atom is -0.318 e. The molecule has 0 saturated heterocycles. The van der Waals surface area contributed by atoms with Crippen molar-refractivity contribution in [2.24, 2.45) is 0 Å². The van der Waals surface area contributed by atoms with Crippen molar-refractivity contribution in [1.82, 2.24) is 0 Å². The molecule has 21 heteroatoms. The predicted octanol–water partition coefficient (Wildman–Crippen LogP) is 6.91. The zero-order valence-electron chi connectivity index (χ0n) is 14.3. The SMILES string of the molecule is COSC(CC(F)(F)C(F)(F)C(F)(F)C(F)(F)F)C(F)(OF)C(F)(F)C(F)(F)C(F)(F)F. The van der Waals surface area contributed by atoms with Crippen molar-refractivity contribution in [1.29, 1.82) is 0 Å². The number of hydrogen-bond donors (Lipinski definition) is 0. The van der Waals surface area contributed by atoms with Crippen LogP contribution in [0.2, 0.25) is 0 Å². The number of alkyl halides is 17. The molecular formula is C11H6F18O2S. The molecule has 0 amide bonds. The molecule has 2 atom stereocenters. The Morgan fingerprint density at radius 2 is 0.938 bits per heavy atom. The van der Waals surface area contributed by atoms with Crippen molar-refractivity contribution in [3.05, 3.63) is 0 Å². The van der Waals surface area contributed by atoms with Gasteiger partial charge in [-0.1, -0.05) is 0 Å². The highest BCUT2D eigenvalue weighted by Gasteiger charge is 2.86. The lowest BCUT2D eigenvalue weighted by molar-refractivity contribution is -0.448. The maximum absolute atomic E-state index is 14.2. The Morgan fingerprint density at radius 1 is 0.594 bits per heavy atom. The molecule has 0 N–H and O–H groups in total. The fraction of sp³-hybridized carbons (Fsp3) is 1.00. The highest BCUT2D eigenvalue weighted by Crippen LogP contribution is 2.59. The molecule has 194 valence electrons. The molecular weight excluding hydrogens is 538 g/mol. The van der Waals surface area contributed by atoms with Gasteiger partial charge in [-0.05, 0) is 4.53 Å². The Kier molecular flexibility index (Phi) is 8.39. The third-order valence-corrected chi connectivity index (χ3v) is 4.46. The lowest BCUT2D eigenvalue weighted by Gasteiger charge is -2.41. The third kappa shape index (κ3) is 4.64. The minimum atomic E-state index is -7.68. The van der Waals surface area contributed by atoms with E-state index in [0.717, 1.165) is 0 Å². The van der Waals surface area contributed by atoms with E-state index in [1.54, 1.807) is 4.94 Å². The molecule has 0 spiro atoms. The molecule has 0 aromatic rings. The molecule has 0 aliphatic rings. The molecule has 0 aliphatic carbocycles. The average molecular weight is 544 g/mol. The monoisotopic (exact) mass is 544 g/mol. The summed E-state index contributed by atoms with van der Waals surface area (Å²) in [4.78, 5) is 1.62. The standard InChI is InChI=1S/C11H6F18O2S/c1-30-32-3(2-4(12,13)6(15,16)8(19,20)10(23,24)25)5(14,31-29)7(17,18)9(21,22)11(26,27)28/h3H,2H2,1H3. The van der Waals surface area contributed by atoms with Gasteiger partial charge >= 0.3 is 47.8 Å². The Bertz CT molecular complexity index is 642. The Balaban J connectivity index is 6.63. The molecule has 0 heterocycles. The molecule has 0 aliphatic heterocycles. The van der Waals surface area contributed by atoms with Gasteiger partial charge in [-0.25, -0.2) is 4.39 Å². The summed E-state index contributed by atoms with van der Waals surface area (Å²) in [6, 6.07) is 0. The molecule has 0 saturated carbocycles. The van der Waals surface area contributed by atoms with Crippen molar-refractivity contribution in [2.45, 2.75) is 59.5 Å².